The van der Waals surface area contributed by atoms with E-state index in [-0.39, 0.29) is 0 Å². The zero-order valence-corrected chi connectivity index (χ0v) is 11.2. The quantitative estimate of drug-likeness (QED) is 0.773. The highest BCUT2D eigenvalue weighted by Gasteiger charge is 2.41. The second-order valence-electron chi connectivity index (χ2n) is 5.41. The van der Waals surface area contributed by atoms with E-state index in [0.29, 0.717) is 38.5 Å². The van der Waals surface area contributed by atoms with Crippen molar-refractivity contribution < 1.29 is 14.6 Å². The summed E-state index contributed by atoms with van der Waals surface area (Å²) >= 11 is 0. The fraction of sp³-hybridized carbons (Fsp3) is 0.923. The molecule has 0 amide bonds. The zero-order chi connectivity index (χ0) is 12.9. The molecular weight excluding hydrogens is 218 g/mol. The molecule has 1 aliphatic rings. The Kier molecular flexibility index (Phi) is 5.40. The van der Waals surface area contributed by atoms with Crippen LogP contribution in [0.5, 0.6) is 0 Å². The Morgan fingerprint density at radius 2 is 2.06 bits per heavy atom. The van der Waals surface area contributed by atoms with Gasteiger partial charge < -0.3 is 14.7 Å². The van der Waals surface area contributed by atoms with E-state index in [1.807, 2.05) is 7.05 Å². The topological polar surface area (TPSA) is 49.8 Å². The van der Waals surface area contributed by atoms with Crippen LogP contribution in [0, 0.1) is 11.3 Å². The Bertz CT molecular complexity index is 249. The van der Waals surface area contributed by atoms with Crippen LogP contribution in [0.3, 0.4) is 0 Å². The van der Waals surface area contributed by atoms with E-state index in [1.165, 1.54) is 0 Å². The third kappa shape index (κ3) is 3.96. The van der Waals surface area contributed by atoms with Crippen molar-refractivity contribution in [2.45, 2.75) is 33.1 Å². The predicted molar refractivity (Wildman–Crippen MR) is 67.1 cm³/mol. The standard InChI is InChI=1S/C13H25NO3/c1-4-11(2)9-14(3)10-13(12(15)16)5-7-17-8-6-13/h11H,4-10H2,1-3H3,(H,15,16). The number of carbonyl (C=O) groups is 1. The molecule has 1 saturated heterocycles. The average molecular weight is 243 g/mol. The molecule has 100 valence electrons. The van der Waals surface area contributed by atoms with Gasteiger partial charge in [0, 0.05) is 26.3 Å². The lowest BCUT2D eigenvalue weighted by molar-refractivity contribution is -0.156. The van der Waals surface area contributed by atoms with Gasteiger partial charge in [-0.05, 0) is 25.8 Å². The van der Waals surface area contributed by atoms with E-state index in [1.54, 1.807) is 0 Å². The van der Waals surface area contributed by atoms with Crippen molar-refractivity contribution in [2.75, 3.05) is 33.4 Å². The van der Waals surface area contributed by atoms with Crippen LogP contribution in [0.1, 0.15) is 33.1 Å². The van der Waals surface area contributed by atoms with E-state index >= 15 is 0 Å². The molecule has 1 N–H and O–H groups in total. The summed E-state index contributed by atoms with van der Waals surface area (Å²) in [4.78, 5) is 13.6. The lowest BCUT2D eigenvalue weighted by atomic mass is 9.79. The summed E-state index contributed by atoms with van der Waals surface area (Å²) in [6.07, 6.45) is 2.40. The third-order valence-electron chi connectivity index (χ3n) is 3.80. The molecule has 0 radical (unpaired) electrons. The molecule has 0 bridgehead atoms. The molecule has 4 nitrogen and oxygen atoms in total. The number of rotatable bonds is 6. The van der Waals surface area contributed by atoms with Crippen LogP contribution >= 0.6 is 0 Å². The summed E-state index contributed by atoms with van der Waals surface area (Å²) in [5, 5.41) is 9.45. The van der Waals surface area contributed by atoms with Gasteiger partial charge >= 0.3 is 5.97 Å². The highest BCUT2D eigenvalue weighted by atomic mass is 16.5. The van der Waals surface area contributed by atoms with Crippen LogP contribution in [0.25, 0.3) is 0 Å². The fourth-order valence-corrected chi connectivity index (χ4v) is 2.44. The first-order valence-electron chi connectivity index (χ1n) is 6.50. The molecule has 0 aliphatic carbocycles. The number of hydrogen-bond acceptors (Lipinski definition) is 3. The van der Waals surface area contributed by atoms with Crippen LogP contribution in [0.2, 0.25) is 0 Å². The molecule has 1 aliphatic heterocycles. The number of carboxylic acids is 1. The van der Waals surface area contributed by atoms with E-state index < -0.39 is 11.4 Å². The van der Waals surface area contributed by atoms with Crippen molar-refractivity contribution in [3.05, 3.63) is 0 Å². The SMILES string of the molecule is CCC(C)CN(C)CC1(C(=O)O)CCOCC1. The molecule has 1 heterocycles. The lowest BCUT2D eigenvalue weighted by Crippen LogP contribution is -2.46. The minimum atomic E-state index is -0.670. The number of nitrogens with zero attached hydrogens (tertiary/aromatic N) is 1. The molecule has 1 rings (SSSR count). The van der Waals surface area contributed by atoms with E-state index in [0.717, 1.165) is 13.0 Å². The van der Waals surface area contributed by atoms with E-state index in [4.69, 9.17) is 4.74 Å². The number of ether oxygens (including phenoxy) is 1. The third-order valence-corrected chi connectivity index (χ3v) is 3.80. The largest absolute Gasteiger partial charge is 0.481 e. The number of carboxylic acid groups (broad SMARTS) is 1. The van der Waals surface area contributed by atoms with E-state index in [2.05, 4.69) is 18.7 Å². The van der Waals surface area contributed by atoms with Crippen LogP contribution in [-0.4, -0.2) is 49.3 Å². The van der Waals surface area contributed by atoms with Gasteiger partial charge in [0.15, 0.2) is 0 Å². The molecule has 0 saturated carbocycles. The monoisotopic (exact) mass is 243 g/mol. The minimum absolute atomic E-state index is 0.573. The van der Waals surface area contributed by atoms with Crippen molar-refractivity contribution in [1.29, 1.82) is 0 Å². The van der Waals surface area contributed by atoms with Gasteiger partial charge in [-0.1, -0.05) is 20.3 Å². The van der Waals surface area contributed by atoms with Crippen LogP contribution in [-0.2, 0) is 9.53 Å². The molecule has 4 heteroatoms. The molecule has 0 aromatic carbocycles. The van der Waals surface area contributed by atoms with Crippen molar-refractivity contribution in [2.24, 2.45) is 11.3 Å². The van der Waals surface area contributed by atoms with Gasteiger partial charge in [0.1, 0.15) is 0 Å². The first-order valence-corrected chi connectivity index (χ1v) is 6.50. The highest BCUT2D eigenvalue weighted by molar-refractivity contribution is 5.75. The molecule has 0 aromatic rings. The maximum absolute atomic E-state index is 11.5. The second kappa shape index (κ2) is 6.36. The van der Waals surface area contributed by atoms with Crippen molar-refractivity contribution in [1.82, 2.24) is 4.90 Å². The maximum Gasteiger partial charge on any atom is 0.311 e. The van der Waals surface area contributed by atoms with Gasteiger partial charge in [-0.15, -0.1) is 0 Å². The van der Waals surface area contributed by atoms with Crippen LogP contribution < -0.4 is 0 Å². The smallest absolute Gasteiger partial charge is 0.311 e. The van der Waals surface area contributed by atoms with Gasteiger partial charge in [-0.25, -0.2) is 0 Å². The molecular formula is C13H25NO3. The first-order chi connectivity index (χ1) is 8.00. The molecule has 0 spiro atoms. The fourth-order valence-electron chi connectivity index (χ4n) is 2.44. The first kappa shape index (κ1) is 14.5. The van der Waals surface area contributed by atoms with Crippen LogP contribution in [0.4, 0.5) is 0 Å². The van der Waals surface area contributed by atoms with Crippen molar-refractivity contribution in [3.63, 3.8) is 0 Å². The van der Waals surface area contributed by atoms with E-state index in [9.17, 15) is 9.90 Å². The van der Waals surface area contributed by atoms with Gasteiger partial charge in [0.05, 0.1) is 5.41 Å². The zero-order valence-electron chi connectivity index (χ0n) is 11.2. The molecule has 17 heavy (non-hydrogen) atoms. The summed E-state index contributed by atoms with van der Waals surface area (Å²) in [6, 6.07) is 0. The molecule has 1 atom stereocenters. The Morgan fingerprint density at radius 3 is 2.53 bits per heavy atom. The predicted octanol–water partition coefficient (Wildman–Crippen LogP) is 1.85. The average Bonchev–Trinajstić information content (AvgIpc) is 2.29. The number of hydrogen-bond donors (Lipinski definition) is 1. The normalized spacial score (nSPS) is 21.4. The second-order valence-corrected chi connectivity index (χ2v) is 5.41. The van der Waals surface area contributed by atoms with Gasteiger partial charge in [0.2, 0.25) is 0 Å². The Hall–Kier alpha value is -0.610. The highest BCUT2D eigenvalue weighted by Crippen LogP contribution is 2.31. The summed E-state index contributed by atoms with van der Waals surface area (Å²) in [5.74, 6) is -0.0533. The summed E-state index contributed by atoms with van der Waals surface area (Å²) in [5.41, 5.74) is -0.597. The van der Waals surface area contributed by atoms with Crippen molar-refractivity contribution in [3.8, 4) is 0 Å². The van der Waals surface area contributed by atoms with Gasteiger partial charge in [-0.3, -0.25) is 4.79 Å². The Labute approximate surface area is 104 Å². The maximum atomic E-state index is 11.5. The summed E-state index contributed by atoms with van der Waals surface area (Å²) in [7, 11) is 2.02. The van der Waals surface area contributed by atoms with Crippen LogP contribution in [0.15, 0.2) is 0 Å². The van der Waals surface area contributed by atoms with Gasteiger partial charge in [-0.2, -0.15) is 0 Å². The minimum Gasteiger partial charge on any atom is -0.481 e. The Balaban J connectivity index is 2.57. The molecule has 0 aromatic heterocycles. The summed E-state index contributed by atoms with van der Waals surface area (Å²) in [6.45, 7) is 7.11. The van der Waals surface area contributed by atoms with Crippen molar-refractivity contribution >= 4 is 5.97 Å². The summed E-state index contributed by atoms with van der Waals surface area (Å²) < 4.78 is 5.28. The molecule has 1 fully saturated rings. The Morgan fingerprint density at radius 1 is 1.47 bits per heavy atom. The van der Waals surface area contributed by atoms with Gasteiger partial charge in [0.25, 0.3) is 0 Å². The number of aliphatic carboxylic acids is 1. The molecule has 1 unspecified atom stereocenters. The lowest BCUT2D eigenvalue weighted by Gasteiger charge is -2.37.